The monoisotopic (exact) mass is 256 g/mol. The van der Waals surface area contributed by atoms with Crippen LogP contribution in [0.5, 0.6) is 5.75 Å². The molecule has 2 rings (SSSR count). The number of aryl methyl sites for hydroxylation is 1. The second-order valence-corrected chi connectivity index (χ2v) is 3.99. The smallest absolute Gasteiger partial charge is 0.143 e. The van der Waals surface area contributed by atoms with Crippen molar-refractivity contribution in [2.24, 2.45) is 0 Å². The average molecular weight is 256 g/mol. The minimum absolute atomic E-state index is 0.571. The fraction of sp³-hybridized carbons (Fsp3) is 0.286. The summed E-state index contributed by atoms with van der Waals surface area (Å²) in [6.07, 6.45) is 1.77. The predicted molar refractivity (Wildman–Crippen MR) is 72.9 cm³/mol. The average Bonchev–Trinajstić information content (AvgIpc) is 2.91. The molecule has 5 nitrogen and oxygen atoms in total. The van der Waals surface area contributed by atoms with Crippen molar-refractivity contribution < 1.29 is 4.74 Å². The lowest BCUT2D eigenvalue weighted by atomic mass is 10.1. The number of methoxy groups -OCH3 is 1. The summed E-state index contributed by atoms with van der Waals surface area (Å²) in [6, 6.07) is 9.52. The highest BCUT2D eigenvalue weighted by atomic mass is 16.5. The highest BCUT2D eigenvalue weighted by Gasteiger charge is 2.09. The van der Waals surface area contributed by atoms with Crippen LogP contribution >= 0.6 is 0 Å². The minimum atomic E-state index is 0.571. The maximum atomic E-state index is 9.13. The second-order valence-electron chi connectivity index (χ2n) is 3.99. The first-order valence-electron chi connectivity index (χ1n) is 6.11. The Balaban J connectivity index is 2.22. The lowest BCUT2D eigenvalue weighted by Gasteiger charge is -2.13. The largest absolute Gasteiger partial charge is 0.495 e. The lowest BCUT2D eigenvalue weighted by molar-refractivity contribution is 0.416. The standard InChI is InChI=1S/C14H16N4O/c1-3-18-12(7-8-17-18)10-16-14-11(9-15)5-4-6-13(14)19-2/h4-8,16H,3,10H2,1-2H3. The predicted octanol–water partition coefficient (Wildman–Crippen LogP) is 2.40. The molecule has 98 valence electrons. The molecular weight excluding hydrogens is 240 g/mol. The van der Waals surface area contributed by atoms with Gasteiger partial charge in [-0.05, 0) is 25.1 Å². The van der Waals surface area contributed by atoms with Crippen LogP contribution in [0.4, 0.5) is 5.69 Å². The summed E-state index contributed by atoms with van der Waals surface area (Å²) >= 11 is 0. The lowest BCUT2D eigenvalue weighted by Crippen LogP contribution is -2.09. The molecule has 1 N–H and O–H groups in total. The molecule has 0 aliphatic heterocycles. The van der Waals surface area contributed by atoms with Gasteiger partial charge in [0.2, 0.25) is 0 Å². The number of anilines is 1. The van der Waals surface area contributed by atoms with Crippen LogP contribution in [-0.2, 0) is 13.1 Å². The number of ether oxygens (including phenoxy) is 1. The Morgan fingerprint density at radius 3 is 2.95 bits per heavy atom. The number of rotatable bonds is 5. The fourth-order valence-electron chi connectivity index (χ4n) is 1.95. The van der Waals surface area contributed by atoms with Gasteiger partial charge in [0.1, 0.15) is 11.8 Å². The first-order valence-corrected chi connectivity index (χ1v) is 6.11. The van der Waals surface area contributed by atoms with Crippen LogP contribution in [0.2, 0.25) is 0 Å². The highest BCUT2D eigenvalue weighted by molar-refractivity contribution is 5.66. The van der Waals surface area contributed by atoms with E-state index in [-0.39, 0.29) is 0 Å². The van der Waals surface area contributed by atoms with Gasteiger partial charge in [-0.25, -0.2) is 0 Å². The van der Waals surface area contributed by atoms with E-state index in [2.05, 4.69) is 16.5 Å². The van der Waals surface area contributed by atoms with Crippen molar-refractivity contribution in [1.29, 1.82) is 5.26 Å². The van der Waals surface area contributed by atoms with E-state index in [9.17, 15) is 0 Å². The summed E-state index contributed by atoms with van der Waals surface area (Å²) in [4.78, 5) is 0. The third-order valence-corrected chi connectivity index (χ3v) is 2.92. The maximum Gasteiger partial charge on any atom is 0.143 e. The van der Waals surface area contributed by atoms with Crippen molar-refractivity contribution in [3.05, 3.63) is 41.7 Å². The Labute approximate surface area is 112 Å². The van der Waals surface area contributed by atoms with Gasteiger partial charge in [-0.2, -0.15) is 10.4 Å². The zero-order valence-electron chi connectivity index (χ0n) is 11.1. The second kappa shape index (κ2) is 5.91. The number of hydrogen-bond donors (Lipinski definition) is 1. The summed E-state index contributed by atoms with van der Waals surface area (Å²) < 4.78 is 7.19. The zero-order chi connectivity index (χ0) is 13.7. The molecule has 1 aromatic heterocycles. The summed E-state index contributed by atoms with van der Waals surface area (Å²) in [5, 5.41) is 16.6. The van der Waals surface area contributed by atoms with Crippen LogP contribution in [0.15, 0.2) is 30.5 Å². The van der Waals surface area contributed by atoms with Crippen LogP contribution in [-0.4, -0.2) is 16.9 Å². The topological polar surface area (TPSA) is 62.9 Å². The number of para-hydroxylation sites is 1. The van der Waals surface area contributed by atoms with Crippen molar-refractivity contribution in [3.8, 4) is 11.8 Å². The summed E-state index contributed by atoms with van der Waals surface area (Å²) in [5.41, 5.74) is 2.36. The maximum absolute atomic E-state index is 9.13. The molecule has 0 aliphatic rings. The van der Waals surface area contributed by atoms with Crippen LogP contribution in [0.25, 0.3) is 0 Å². The molecule has 0 bridgehead atoms. The normalized spacial score (nSPS) is 9.95. The Morgan fingerprint density at radius 2 is 2.26 bits per heavy atom. The van der Waals surface area contributed by atoms with E-state index in [0.717, 1.165) is 17.9 Å². The molecule has 0 unspecified atom stereocenters. The molecule has 0 radical (unpaired) electrons. The van der Waals surface area contributed by atoms with Gasteiger partial charge in [0.25, 0.3) is 0 Å². The molecule has 5 heteroatoms. The van der Waals surface area contributed by atoms with E-state index in [0.29, 0.717) is 17.9 Å². The molecule has 1 aromatic carbocycles. The van der Waals surface area contributed by atoms with E-state index in [1.165, 1.54) is 0 Å². The number of nitrogens with zero attached hydrogens (tertiary/aromatic N) is 3. The Hall–Kier alpha value is -2.48. The molecule has 2 aromatic rings. The van der Waals surface area contributed by atoms with Crippen molar-refractivity contribution in [2.75, 3.05) is 12.4 Å². The number of nitrogens with one attached hydrogen (secondary N) is 1. The van der Waals surface area contributed by atoms with Crippen LogP contribution in [0.3, 0.4) is 0 Å². The molecule has 0 aliphatic carbocycles. The Bertz CT molecular complexity index is 598. The third kappa shape index (κ3) is 2.68. The first-order chi connectivity index (χ1) is 9.30. The molecule has 0 fully saturated rings. The summed E-state index contributed by atoms with van der Waals surface area (Å²) in [7, 11) is 1.60. The van der Waals surface area contributed by atoms with Crippen LogP contribution in [0.1, 0.15) is 18.2 Å². The third-order valence-electron chi connectivity index (χ3n) is 2.92. The molecule has 0 amide bonds. The zero-order valence-corrected chi connectivity index (χ0v) is 11.1. The molecular formula is C14H16N4O. The molecule has 1 heterocycles. The van der Waals surface area contributed by atoms with Gasteiger partial charge in [-0.3, -0.25) is 4.68 Å². The number of hydrogen-bond acceptors (Lipinski definition) is 4. The number of aromatic nitrogens is 2. The van der Waals surface area contributed by atoms with E-state index >= 15 is 0 Å². The van der Waals surface area contributed by atoms with Gasteiger partial charge in [0, 0.05) is 12.7 Å². The molecule has 0 atom stereocenters. The molecule has 0 saturated heterocycles. The number of benzene rings is 1. The summed E-state index contributed by atoms with van der Waals surface area (Å²) in [6.45, 7) is 3.46. The van der Waals surface area contributed by atoms with Crippen molar-refractivity contribution in [3.63, 3.8) is 0 Å². The van der Waals surface area contributed by atoms with Crippen molar-refractivity contribution >= 4 is 5.69 Å². The van der Waals surface area contributed by atoms with Crippen molar-refractivity contribution in [1.82, 2.24) is 9.78 Å². The van der Waals surface area contributed by atoms with Gasteiger partial charge in [-0.1, -0.05) is 6.07 Å². The molecule has 0 spiro atoms. The van der Waals surface area contributed by atoms with Gasteiger partial charge in [0.05, 0.1) is 30.6 Å². The van der Waals surface area contributed by atoms with Gasteiger partial charge < -0.3 is 10.1 Å². The van der Waals surface area contributed by atoms with E-state index in [4.69, 9.17) is 10.00 Å². The van der Waals surface area contributed by atoms with Gasteiger partial charge in [0.15, 0.2) is 0 Å². The van der Waals surface area contributed by atoms with Crippen molar-refractivity contribution in [2.45, 2.75) is 20.0 Å². The highest BCUT2D eigenvalue weighted by Crippen LogP contribution is 2.28. The van der Waals surface area contributed by atoms with Crippen LogP contribution < -0.4 is 10.1 Å². The van der Waals surface area contributed by atoms with Gasteiger partial charge >= 0.3 is 0 Å². The van der Waals surface area contributed by atoms with E-state index < -0.39 is 0 Å². The van der Waals surface area contributed by atoms with E-state index in [1.807, 2.05) is 23.7 Å². The SMILES string of the molecule is CCn1nccc1CNc1c(C#N)cccc1OC. The quantitative estimate of drug-likeness (QED) is 0.892. The van der Waals surface area contributed by atoms with E-state index in [1.54, 1.807) is 25.4 Å². The minimum Gasteiger partial charge on any atom is -0.495 e. The number of nitriles is 1. The van der Waals surface area contributed by atoms with Gasteiger partial charge in [-0.15, -0.1) is 0 Å². The molecule has 0 saturated carbocycles. The molecule has 19 heavy (non-hydrogen) atoms. The van der Waals surface area contributed by atoms with Crippen LogP contribution in [0, 0.1) is 11.3 Å². The Kier molecular flexibility index (Phi) is 4.04. The first kappa shape index (κ1) is 13.0. The summed E-state index contributed by atoms with van der Waals surface area (Å²) in [5.74, 6) is 0.668. The Morgan fingerprint density at radius 1 is 1.42 bits per heavy atom. The fourth-order valence-corrected chi connectivity index (χ4v) is 1.95.